The van der Waals surface area contributed by atoms with Crippen molar-refractivity contribution in [2.45, 2.75) is 52.1 Å². The lowest BCUT2D eigenvalue weighted by Gasteiger charge is -2.20. The number of nitrogens with zero attached hydrogens (tertiary/aromatic N) is 3. The molecule has 4 rings (SSSR count). The molecule has 1 aromatic heterocycles. The van der Waals surface area contributed by atoms with Gasteiger partial charge in [0.2, 0.25) is 0 Å². The number of aliphatic imine (C=N–C) groups is 1. The number of amides is 1. The third-order valence-corrected chi connectivity index (χ3v) is 6.01. The molecule has 4 N–H and O–H groups in total. The number of hydrogen-bond acceptors (Lipinski definition) is 9. The Morgan fingerprint density at radius 2 is 1.90 bits per heavy atom. The maximum atomic E-state index is 12.2. The van der Waals surface area contributed by atoms with Gasteiger partial charge >= 0.3 is 0 Å². The largest absolute Gasteiger partial charge is 0.494 e. The zero-order valence-corrected chi connectivity index (χ0v) is 23.6. The van der Waals surface area contributed by atoms with Gasteiger partial charge in [0.05, 0.1) is 23.9 Å². The van der Waals surface area contributed by atoms with Gasteiger partial charge in [-0.25, -0.2) is 9.97 Å². The first-order valence-corrected chi connectivity index (χ1v) is 13.5. The van der Waals surface area contributed by atoms with Crippen molar-refractivity contribution >= 4 is 28.8 Å². The fraction of sp³-hybridized carbons (Fsp3) is 0.400. The number of aromatic nitrogens is 2. The Kier molecular flexibility index (Phi) is 9.55. The zero-order valence-electron chi connectivity index (χ0n) is 23.6. The monoisotopic (exact) mass is 546 g/mol. The number of hydrogen-bond donors (Lipinski definition) is 3. The Labute approximate surface area is 235 Å². The Bertz CT molecular complexity index is 1380. The molecule has 212 valence electrons. The van der Waals surface area contributed by atoms with Crippen LogP contribution in [0.15, 0.2) is 59.4 Å². The smallest absolute Gasteiger partial charge is 0.258 e. The van der Waals surface area contributed by atoms with Gasteiger partial charge in [-0.2, -0.15) is 0 Å². The van der Waals surface area contributed by atoms with Gasteiger partial charge in [-0.15, -0.1) is 0 Å². The molecule has 0 spiro atoms. The first-order chi connectivity index (χ1) is 19.2. The average Bonchev–Trinajstić information content (AvgIpc) is 2.94. The number of ether oxygens (including phenoxy) is 3. The summed E-state index contributed by atoms with van der Waals surface area (Å²) in [5.41, 5.74) is 7.71. The molecule has 1 saturated heterocycles. The highest BCUT2D eigenvalue weighted by molar-refractivity contribution is 5.95. The van der Waals surface area contributed by atoms with Crippen LogP contribution in [0.25, 0.3) is 22.3 Å². The molecule has 2 aromatic carbocycles. The minimum absolute atomic E-state index is 0.0938. The predicted molar refractivity (Wildman–Crippen MR) is 158 cm³/mol. The van der Waals surface area contributed by atoms with Gasteiger partial charge < -0.3 is 30.6 Å². The second kappa shape index (κ2) is 13.3. The molecule has 1 aliphatic rings. The Hall–Kier alpha value is -4.18. The minimum atomic E-state index is -0.334. The summed E-state index contributed by atoms with van der Waals surface area (Å²) in [4.78, 5) is 26.6. The molecule has 2 heterocycles. The van der Waals surface area contributed by atoms with E-state index in [4.69, 9.17) is 34.9 Å². The third kappa shape index (κ3) is 8.16. The topological polar surface area (TPSA) is 133 Å². The Balaban J connectivity index is 1.63. The minimum Gasteiger partial charge on any atom is -0.494 e. The van der Waals surface area contributed by atoms with E-state index >= 15 is 0 Å². The van der Waals surface area contributed by atoms with Crippen molar-refractivity contribution in [3.05, 3.63) is 54.4 Å². The second-order valence-electron chi connectivity index (χ2n) is 10.5. The van der Waals surface area contributed by atoms with Gasteiger partial charge in [-0.1, -0.05) is 12.1 Å². The molecule has 1 amide bonds. The molecular formula is C30H38N6O4. The fourth-order valence-corrected chi connectivity index (χ4v) is 4.19. The first-order valence-electron chi connectivity index (χ1n) is 13.5. The number of fused-ring (bicyclic) bond motifs is 1. The summed E-state index contributed by atoms with van der Waals surface area (Å²) in [7, 11) is 0. The van der Waals surface area contributed by atoms with Crippen molar-refractivity contribution in [2.75, 3.05) is 31.7 Å². The van der Waals surface area contributed by atoms with Crippen LogP contribution in [0.4, 0.5) is 5.82 Å². The lowest BCUT2D eigenvalue weighted by Crippen LogP contribution is -2.43. The summed E-state index contributed by atoms with van der Waals surface area (Å²) in [6.45, 7) is 9.58. The van der Waals surface area contributed by atoms with Gasteiger partial charge in [-0.05, 0) is 70.9 Å². The SMILES string of the molecule is CCOc1ccc2nc(-c3cccc(OCC(=O)NC(C)(C)C)c3)nc(NC(C=NC3CCOCC3)=CN)c2c1. The molecular weight excluding hydrogens is 508 g/mol. The van der Waals surface area contributed by atoms with Crippen molar-refractivity contribution in [3.63, 3.8) is 0 Å². The van der Waals surface area contributed by atoms with E-state index in [9.17, 15) is 4.79 Å². The number of benzene rings is 2. The van der Waals surface area contributed by atoms with Crippen LogP contribution in [0.1, 0.15) is 40.5 Å². The number of nitrogens with one attached hydrogen (secondary N) is 2. The highest BCUT2D eigenvalue weighted by Gasteiger charge is 2.16. The molecule has 10 heteroatoms. The van der Waals surface area contributed by atoms with Crippen molar-refractivity contribution in [3.8, 4) is 22.9 Å². The third-order valence-electron chi connectivity index (χ3n) is 6.01. The van der Waals surface area contributed by atoms with Crippen LogP contribution in [0, 0.1) is 0 Å². The summed E-state index contributed by atoms with van der Waals surface area (Å²) in [6, 6.07) is 13.2. The van der Waals surface area contributed by atoms with Crippen molar-refractivity contribution in [2.24, 2.45) is 10.7 Å². The van der Waals surface area contributed by atoms with E-state index in [1.165, 1.54) is 6.20 Å². The molecule has 0 aliphatic carbocycles. The summed E-state index contributed by atoms with van der Waals surface area (Å²) >= 11 is 0. The highest BCUT2D eigenvalue weighted by Crippen LogP contribution is 2.30. The van der Waals surface area contributed by atoms with Gasteiger partial charge in [-0.3, -0.25) is 9.79 Å². The summed E-state index contributed by atoms with van der Waals surface area (Å²) in [6.07, 6.45) is 4.97. The van der Waals surface area contributed by atoms with Crippen molar-refractivity contribution < 1.29 is 19.0 Å². The molecule has 0 saturated carbocycles. The number of carbonyl (C=O) groups is 1. The quantitative estimate of drug-likeness (QED) is 0.318. The standard InChI is InChI=1S/C30H38N6O4/c1-5-39-24-9-10-26-25(16-24)29(33-22(17-31)18-32-21-11-13-38-14-12-21)35-28(34-26)20-7-6-8-23(15-20)40-19-27(37)36-30(2,3)4/h6-10,15-18,21H,5,11-14,19,31H2,1-4H3,(H,36,37)(H,33,34,35). The molecule has 0 bridgehead atoms. The summed E-state index contributed by atoms with van der Waals surface area (Å²) in [5, 5.41) is 7.00. The molecule has 10 nitrogen and oxygen atoms in total. The fourth-order valence-electron chi connectivity index (χ4n) is 4.19. The lowest BCUT2D eigenvalue weighted by atomic mass is 10.1. The highest BCUT2D eigenvalue weighted by atomic mass is 16.5. The maximum Gasteiger partial charge on any atom is 0.258 e. The normalized spacial score (nSPS) is 14.8. The van der Waals surface area contributed by atoms with Gasteiger partial charge in [0.15, 0.2) is 12.4 Å². The summed E-state index contributed by atoms with van der Waals surface area (Å²) < 4.78 is 16.9. The summed E-state index contributed by atoms with van der Waals surface area (Å²) in [5.74, 6) is 2.11. The van der Waals surface area contributed by atoms with Crippen LogP contribution in [-0.4, -0.2) is 60.1 Å². The Morgan fingerprint density at radius 1 is 1.12 bits per heavy atom. The van der Waals surface area contributed by atoms with Gasteiger partial charge in [0, 0.05) is 42.1 Å². The second-order valence-corrected chi connectivity index (χ2v) is 10.5. The first kappa shape index (κ1) is 28.8. The number of rotatable bonds is 10. The van der Waals surface area contributed by atoms with E-state index in [1.807, 2.05) is 64.1 Å². The van der Waals surface area contributed by atoms with Crippen LogP contribution < -0.4 is 25.8 Å². The molecule has 3 aromatic rings. The average molecular weight is 547 g/mol. The molecule has 0 unspecified atom stereocenters. The van der Waals surface area contributed by atoms with E-state index in [0.717, 1.165) is 29.3 Å². The number of carbonyl (C=O) groups excluding carboxylic acids is 1. The molecule has 0 atom stereocenters. The molecule has 1 fully saturated rings. The van der Waals surface area contributed by atoms with E-state index in [-0.39, 0.29) is 24.1 Å². The van der Waals surface area contributed by atoms with E-state index in [1.54, 1.807) is 12.3 Å². The van der Waals surface area contributed by atoms with Crippen LogP contribution in [0.2, 0.25) is 0 Å². The van der Waals surface area contributed by atoms with Gasteiger partial charge in [0.1, 0.15) is 17.3 Å². The molecule has 0 radical (unpaired) electrons. The number of allylic oxidation sites excluding steroid dienone is 1. The van der Waals surface area contributed by atoms with E-state index < -0.39 is 0 Å². The van der Waals surface area contributed by atoms with Crippen LogP contribution >= 0.6 is 0 Å². The Morgan fingerprint density at radius 3 is 2.62 bits per heavy atom. The van der Waals surface area contributed by atoms with E-state index in [0.29, 0.717) is 48.7 Å². The zero-order chi connectivity index (χ0) is 28.5. The number of nitrogens with two attached hydrogens (primary N) is 1. The van der Waals surface area contributed by atoms with E-state index in [2.05, 4.69) is 10.6 Å². The van der Waals surface area contributed by atoms with Crippen molar-refractivity contribution in [1.29, 1.82) is 0 Å². The molecule has 1 aliphatic heterocycles. The number of anilines is 1. The van der Waals surface area contributed by atoms with Crippen LogP contribution in [-0.2, 0) is 9.53 Å². The molecule has 40 heavy (non-hydrogen) atoms. The van der Waals surface area contributed by atoms with Crippen LogP contribution in [0.5, 0.6) is 11.5 Å². The van der Waals surface area contributed by atoms with Crippen molar-refractivity contribution in [1.82, 2.24) is 15.3 Å². The van der Waals surface area contributed by atoms with Gasteiger partial charge in [0.25, 0.3) is 5.91 Å². The van der Waals surface area contributed by atoms with Crippen LogP contribution in [0.3, 0.4) is 0 Å². The maximum absolute atomic E-state index is 12.2. The predicted octanol–water partition coefficient (Wildman–Crippen LogP) is 4.45. The lowest BCUT2D eigenvalue weighted by molar-refractivity contribution is -0.124.